The number of piperidine rings is 2. The number of amides is 1. The molecule has 1 spiro atoms. The molecular weight excluding hydrogens is 570 g/mol. The van der Waals surface area contributed by atoms with Crippen LogP contribution in [0.3, 0.4) is 0 Å². The molecule has 3 aliphatic rings. The van der Waals surface area contributed by atoms with Crippen molar-refractivity contribution in [2.45, 2.75) is 51.4 Å². The van der Waals surface area contributed by atoms with Gasteiger partial charge in [0, 0.05) is 50.7 Å². The van der Waals surface area contributed by atoms with Gasteiger partial charge in [0.05, 0.1) is 35.0 Å². The van der Waals surface area contributed by atoms with Gasteiger partial charge in [0.15, 0.2) is 5.65 Å². The van der Waals surface area contributed by atoms with Crippen molar-refractivity contribution < 1.29 is 27.1 Å². The van der Waals surface area contributed by atoms with Crippen LogP contribution in [-0.2, 0) is 10.0 Å². The van der Waals surface area contributed by atoms with Gasteiger partial charge in [-0.3, -0.25) is 9.52 Å². The number of benzene rings is 1. The summed E-state index contributed by atoms with van der Waals surface area (Å²) in [5.74, 6) is -3.13. The van der Waals surface area contributed by atoms with Crippen LogP contribution in [0.1, 0.15) is 54.7 Å². The number of primary amides is 1. The summed E-state index contributed by atoms with van der Waals surface area (Å²) in [5.41, 5.74) is 8.00. The van der Waals surface area contributed by atoms with E-state index in [2.05, 4.69) is 14.9 Å². The molecule has 2 aromatic heterocycles. The lowest BCUT2D eigenvalue weighted by atomic mass is 9.91. The van der Waals surface area contributed by atoms with Gasteiger partial charge < -0.3 is 20.6 Å². The average molecular weight is 605 g/mol. The highest BCUT2D eigenvalue weighted by Gasteiger charge is 2.45. The number of aryl methyl sites for hydroxylation is 1. The van der Waals surface area contributed by atoms with Crippen LogP contribution in [0.25, 0.3) is 16.9 Å². The Bertz CT molecular complexity index is 1640. The topological polar surface area (TPSA) is 159 Å². The highest BCUT2D eigenvalue weighted by atomic mass is 32.2. The van der Waals surface area contributed by atoms with E-state index >= 15 is 0 Å². The Morgan fingerprint density at radius 3 is 2.33 bits per heavy atom. The molecule has 0 unspecified atom stereocenters. The number of aliphatic hydroxyl groups excluding tert-OH is 1. The molecule has 2 saturated heterocycles. The smallest absolute Gasteiger partial charge is 0.251 e. The Morgan fingerprint density at radius 2 is 1.71 bits per heavy atom. The maximum Gasteiger partial charge on any atom is 0.251 e. The first-order chi connectivity index (χ1) is 19.9. The maximum atomic E-state index is 14.1. The van der Waals surface area contributed by atoms with Gasteiger partial charge >= 0.3 is 0 Å². The monoisotopic (exact) mass is 604 g/mol. The van der Waals surface area contributed by atoms with E-state index in [0.717, 1.165) is 12.8 Å². The normalized spacial score (nSPS) is 19.8. The number of rotatable bonds is 8. The zero-order valence-electron chi connectivity index (χ0n) is 23.3. The number of aliphatic hydroxyl groups is 1. The number of carbonyl (C=O) groups is 1. The van der Waals surface area contributed by atoms with E-state index in [1.54, 1.807) is 22.3 Å². The highest BCUT2D eigenvalue weighted by molar-refractivity contribution is 7.92. The molecule has 6 rings (SSSR count). The molecule has 0 bridgehead atoms. The molecule has 42 heavy (non-hydrogen) atoms. The van der Waals surface area contributed by atoms with Crippen molar-refractivity contribution in [2.75, 3.05) is 53.1 Å². The van der Waals surface area contributed by atoms with Gasteiger partial charge in [0.25, 0.3) is 11.8 Å². The van der Waals surface area contributed by atoms with Crippen LogP contribution in [0, 0.1) is 12.3 Å². The van der Waals surface area contributed by atoms with E-state index in [0.29, 0.717) is 47.2 Å². The van der Waals surface area contributed by atoms with Gasteiger partial charge in [-0.25, -0.2) is 26.6 Å². The second-order valence-electron chi connectivity index (χ2n) is 11.6. The van der Waals surface area contributed by atoms with Gasteiger partial charge in [-0.1, -0.05) is 0 Å². The summed E-state index contributed by atoms with van der Waals surface area (Å²) in [7, 11) is -3.98. The van der Waals surface area contributed by atoms with Crippen LogP contribution >= 0.6 is 0 Å². The van der Waals surface area contributed by atoms with Gasteiger partial charge in [-0.2, -0.15) is 0 Å². The van der Waals surface area contributed by atoms with Crippen molar-refractivity contribution in [2.24, 2.45) is 11.1 Å². The third kappa shape index (κ3) is 5.35. The fourth-order valence-electron chi connectivity index (χ4n) is 6.09. The summed E-state index contributed by atoms with van der Waals surface area (Å²) in [4.78, 5) is 21.5. The molecular formula is C27H34F2N8O4S. The molecule has 3 fully saturated rings. The average Bonchev–Trinajstić information content (AvgIpc) is 3.58. The summed E-state index contributed by atoms with van der Waals surface area (Å²) in [6.45, 7) is 2.53. The molecule has 1 amide bonds. The highest BCUT2D eigenvalue weighted by Crippen LogP contribution is 2.55. The molecule has 15 heteroatoms. The Balaban J connectivity index is 1.56. The van der Waals surface area contributed by atoms with Crippen molar-refractivity contribution in [1.29, 1.82) is 0 Å². The molecule has 0 radical (unpaired) electrons. The van der Waals surface area contributed by atoms with Gasteiger partial charge in [0.1, 0.15) is 5.82 Å². The molecule has 3 aromatic rings. The van der Waals surface area contributed by atoms with Crippen molar-refractivity contribution in [1.82, 2.24) is 19.6 Å². The number of hydrogen-bond donors (Lipinski definition) is 3. The van der Waals surface area contributed by atoms with Crippen LogP contribution in [0.2, 0.25) is 0 Å². The van der Waals surface area contributed by atoms with Crippen molar-refractivity contribution >= 4 is 38.9 Å². The molecule has 1 aromatic carbocycles. The third-order valence-corrected chi connectivity index (χ3v) is 9.99. The number of carbonyl (C=O) groups excluding carboxylic acids is 1. The van der Waals surface area contributed by atoms with Crippen molar-refractivity contribution in [3.05, 3.63) is 29.6 Å². The quantitative estimate of drug-likeness (QED) is 0.351. The summed E-state index contributed by atoms with van der Waals surface area (Å²) >= 11 is 0. The number of anilines is 3. The van der Waals surface area contributed by atoms with E-state index in [1.165, 1.54) is 25.0 Å². The number of nitrogens with one attached hydrogen (secondary N) is 1. The summed E-state index contributed by atoms with van der Waals surface area (Å²) in [6, 6.07) is 4.59. The molecule has 1 saturated carbocycles. The number of alkyl halides is 2. The SMILES string of the molecule is Cc1nnc2cc(-c3c(NS(=O)(=O)CCO)ccc(C(N)=O)c3N3CCC4(CC3)CC4)nc(N3CCC(F)(F)CC3)n12. The lowest BCUT2D eigenvalue weighted by Crippen LogP contribution is -2.40. The minimum Gasteiger partial charge on any atom is -0.395 e. The molecule has 12 nitrogen and oxygen atoms in total. The third-order valence-electron chi connectivity index (χ3n) is 8.74. The summed E-state index contributed by atoms with van der Waals surface area (Å²) in [6.07, 6.45) is 3.50. The zero-order valence-corrected chi connectivity index (χ0v) is 24.1. The number of hydrogen-bond acceptors (Lipinski definition) is 9. The lowest BCUT2D eigenvalue weighted by Gasteiger charge is -2.36. The largest absolute Gasteiger partial charge is 0.395 e. The number of sulfonamides is 1. The number of nitrogens with two attached hydrogens (primary N) is 1. The van der Waals surface area contributed by atoms with Crippen LogP contribution in [-0.4, -0.2) is 83.5 Å². The zero-order chi connectivity index (χ0) is 29.9. The molecule has 1 aliphatic carbocycles. The minimum atomic E-state index is -3.98. The van der Waals surface area contributed by atoms with Crippen molar-refractivity contribution in [3.8, 4) is 11.3 Å². The maximum absolute atomic E-state index is 14.1. The summed E-state index contributed by atoms with van der Waals surface area (Å²) < 4.78 is 58.1. The first-order valence-electron chi connectivity index (χ1n) is 14.1. The predicted octanol–water partition coefficient (Wildman–Crippen LogP) is 2.55. The van der Waals surface area contributed by atoms with Gasteiger partial charge in [-0.05, 0) is 50.2 Å². The van der Waals surface area contributed by atoms with Crippen LogP contribution < -0.4 is 20.3 Å². The molecule has 4 heterocycles. The predicted molar refractivity (Wildman–Crippen MR) is 153 cm³/mol. The Hall–Kier alpha value is -3.59. The van der Waals surface area contributed by atoms with Crippen LogP contribution in [0.15, 0.2) is 18.2 Å². The number of fused-ring (bicyclic) bond motifs is 1. The fraction of sp³-hybridized carbons (Fsp3) is 0.556. The minimum absolute atomic E-state index is 0.0501. The second kappa shape index (κ2) is 10.3. The van der Waals surface area contributed by atoms with E-state index < -0.39 is 34.2 Å². The fourth-order valence-corrected chi connectivity index (χ4v) is 6.94. The standard InChI is InChI=1S/C27H34F2N8O4S/c1-17-32-33-21-16-20(31-25(37(17)21)36-12-8-27(28,29)9-13-36)22-19(34-42(40,41)15-14-38)3-2-18(24(30)39)23(22)35-10-6-26(4-5-26)7-11-35/h2-3,16,34,38H,4-15H2,1H3,(H2,30,39). The molecule has 4 N–H and O–H groups in total. The first kappa shape index (κ1) is 28.5. The number of nitrogens with zero attached hydrogens (tertiary/aromatic N) is 6. The van der Waals surface area contributed by atoms with Crippen LogP contribution in [0.4, 0.5) is 26.1 Å². The van der Waals surface area contributed by atoms with E-state index in [4.69, 9.17) is 10.7 Å². The van der Waals surface area contributed by atoms with Crippen molar-refractivity contribution in [3.63, 3.8) is 0 Å². The Morgan fingerprint density at radius 1 is 1.05 bits per heavy atom. The Labute approximate surface area is 242 Å². The summed E-state index contributed by atoms with van der Waals surface area (Å²) in [5, 5.41) is 17.8. The van der Waals surface area contributed by atoms with E-state index in [1.807, 2.05) is 4.90 Å². The van der Waals surface area contributed by atoms with Gasteiger partial charge in [-0.15, -0.1) is 10.2 Å². The second-order valence-corrected chi connectivity index (χ2v) is 13.4. The van der Waals surface area contributed by atoms with E-state index in [9.17, 15) is 27.1 Å². The van der Waals surface area contributed by atoms with Crippen LogP contribution in [0.5, 0.6) is 0 Å². The number of halogens is 2. The van der Waals surface area contributed by atoms with E-state index in [-0.39, 0.29) is 42.9 Å². The lowest BCUT2D eigenvalue weighted by molar-refractivity contribution is -0.0223. The van der Waals surface area contributed by atoms with Gasteiger partial charge in [0.2, 0.25) is 16.0 Å². The molecule has 226 valence electrons. The first-order valence-corrected chi connectivity index (χ1v) is 15.8. The number of aromatic nitrogens is 4. The Kier molecular flexibility index (Phi) is 6.99. The molecule has 0 atom stereocenters. The molecule has 2 aliphatic heterocycles.